The van der Waals surface area contributed by atoms with Gasteiger partial charge in [-0.15, -0.1) is 0 Å². The van der Waals surface area contributed by atoms with E-state index in [0.29, 0.717) is 0 Å². The molecule has 1 rings (SSSR count). The van der Waals surface area contributed by atoms with E-state index in [4.69, 9.17) is 4.74 Å². The summed E-state index contributed by atoms with van der Waals surface area (Å²) in [5, 5.41) is 3.67. The number of nitrogens with zero attached hydrogens (tertiary/aromatic N) is 1. The van der Waals surface area contributed by atoms with E-state index in [0.717, 1.165) is 31.2 Å². The third-order valence-corrected chi connectivity index (χ3v) is 4.08. The molecule has 3 nitrogen and oxygen atoms in total. The molecule has 0 bridgehead atoms. The fraction of sp³-hybridized carbons (Fsp3) is 1.00. The monoisotopic (exact) mass is 270 g/mol. The smallest absolute Gasteiger partial charge is 0.0589 e. The third-order valence-electron chi connectivity index (χ3n) is 4.08. The lowest BCUT2D eigenvalue weighted by Crippen LogP contribution is -2.45. The highest BCUT2D eigenvalue weighted by molar-refractivity contribution is 4.83. The average Bonchev–Trinajstić information content (AvgIpc) is 2.41. The van der Waals surface area contributed by atoms with Crippen molar-refractivity contribution in [3.8, 4) is 0 Å². The lowest BCUT2D eigenvalue weighted by atomic mass is 9.89. The maximum atomic E-state index is 5.26. The molecule has 0 unspecified atom stereocenters. The highest BCUT2D eigenvalue weighted by atomic mass is 16.5. The van der Waals surface area contributed by atoms with Crippen molar-refractivity contribution in [2.45, 2.75) is 65.0 Å². The molecule has 0 spiro atoms. The Balaban J connectivity index is 2.35. The minimum absolute atomic E-state index is 0.743. The highest BCUT2D eigenvalue weighted by Crippen LogP contribution is 2.24. The van der Waals surface area contributed by atoms with E-state index in [1.807, 2.05) is 0 Å². The van der Waals surface area contributed by atoms with Crippen molar-refractivity contribution in [3.63, 3.8) is 0 Å². The number of rotatable bonds is 9. The van der Waals surface area contributed by atoms with Gasteiger partial charge < -0.3 is 10.1 Å². The molecule has 1 fully saturated rings. The molecule has 0 radical (unpaired) electrons. The van der Waals surface area contributed by atoms with Crippen LogP contribution in [0.3, 0.4) is 0 Å². The van der Waals surface area contributed by atoms with Crippen LogP contribution in [-0.2, 0) is 4.74 Å². The van der Waals surface area contributed by atoms with Crippen LogP contribution in [0.5, 0.6) is 0 Å². The van der Waals surface area contributed by atoms with E-state index < -0.39 is 0 Å². The summed E-state index contributed by atoms with van der Waals surface area (Å²) in [6, 6.07) is 1.54. The lowest BCUT2D eigenvalue weighted by Gasteiger charge is -2.38. The Kier molecular flexibility index (Phi) is 8.67. The van der Waals surface area contributed by atoms with Gasteiger partial charge in [-0.1, -0.05) is 20.8 Å². The quantitative estimate of drug-likeness (QED) is 0.697. The Labute approximate surface area is 120 Å². The molecule has 3 heteroatoms. The molecule has 19 heavy (non-hydrogen) atoms. The zero-order valence-electron chi connectivity index (χ0n) is 13.5. The first-order valence-corrected chi connectivity index (χ1v) is 8.13. The van der Waals surface area contributed by atoms with Crippen LogP contribution in [-0.4, -0.2) is 50.3 Å². The first-order chi connectivity index (χ1) is 9.17. The van der Waals surface area contributed by atoms with Gasteiger partial charge in [-0.3, -0.25) is 4.90 Å². The first kappa shape index (κ1) is 16.9. The molecule has 114 valence electrons. The van der Waals surface area contributed by atoms with Gasteiger partial charge in [-0.05, 0) is 44.6 Å². The van der Waals surface area contributed by atoms with Gasteiger partial charge in [0, 0.05) is 32.3 Å². The van der Waals surface area contributed by atoms with Crippen LogP contribution in [0.25, 0.3) is 0 Å². The minimum atomic E-state index is 0.743. The van der Waals surface area contributed by atoms with E-state index in [-0.39, 0.29) is 0 Å². The van der Waals surface area contributed by atoms with Crippen LogP contribution in [0.2, 0.25) is 0 Å². The Morgan fingerprint density at radius 3 is 2.42 bits per heavy atom. The van der Waals surface area contributed by atoms with Gasteiger partial charge in [-0.2, -0.15) is 0 Å². The van der Waals surface area contributed by atoms with Crippen LogP contribution >= 0.6 is 0 Å². The van der Waals surface area contributed by atoms with E-state index in [1.165, 1.54) is 45.2 Å². The molecule has 0 aromatic rings. The highest BCUT2D eigenvalue weighted by Gasteiger charge is 2.25. The average molecular weight is 270 g/mol. The number of ether oxygens (including phenoxy) is 1. The fourth-order valence-corrected chi connectivity index (χ4v) is 3.09. The van der Waals surface area contributed by atoms with Gasteiger partial charge in [0.05, 0.1) is 6.61 Å². The molecule has 0 saturated heterocycles. The zero-order valence-corrected chi connectivity index (χ0v) is 13.5. The molecule has 0 amide bonds. The van der Waals surface area contributed by atoms with Crippen LogP contribution < -0.4 is 5.32 Å². The van der Waals surface area contributed by atoms with Crippen molar-refractivity contribution in [3.05, 3.63) is 0 Å². The second-order valence-electron chi connectivity index (χ2n) is 6.34. The normalized spacial score (nSPS) is 24.3. The van der Waals surface area contributed by atoms with Crippen LogP contribution in [0.15, 0.2) is 0 Å². The van der Waals surface area contributed by atoms with Crippen molar-refractivity contribution in [2.75, 3.05) is 33.4 Å². The molecule has 0 atom stereocenters. The minimum Gasteiger partial charge on any atom is -0.383 e. The summed E-state index contributed by atoms with van der Waals surface area (Å²) < 4.78 is 5.26. The van der Waals surface area contributed by atoms with Crippen LogP contribution in [0, 0.1) is 5.92 Å². The Bertz CT molecular complexity index is 213. The predicted octanol–water partition coefficient (Wildman–Crippen LogP) is 2.90. The SMILES string of the molecule is CCCNC1CCC(N(CCOC)CC(C)C)CC1. The van der Waals surface area contributed by atoms with Gasteiger partial charge in [0.15, 0.2) is 0 Å². The van der Waals surface area contributed by atoms with Gasteiger partial charge in [0.1, 0.15) is 0 Å². The van der Waals surface area contributed by atoms with Crippen molar-refractivity contribution in [1.29, 1.82) is 0 Å². The van der Waals surface area contributed by atoms with Gasteiger partial charge in [0.25, 0.3) is 0 Å². The number of nitrogens with one attached hydrogen (secondary N) is 1. The second-order valence-corrected chi connectivity index (χ2v) is 6.34. The van der Waals surface area contributed by atoms with Gasteiger partial charge in [-0.25, -0.2) is 0 Å². The van der Waals surface area contributed by atoms with Crippen molar-refractivity contribution in [2.24, 2.45) is 5.92 Å². The molecule has 1 aliphatic rings. The Morgan fingerprint density at radius 1 is 1.21 bits per heavy atom. The molecule has 1 N–H and O–H groups in total. The summed E-state index contributed by atoms with van der Waals surface area (Å²) in [4.78, 5) is 2.66. The van der Waals surface area contributed by atoms with Crippen molar-refractivity contribution < 1.29 is 4.74 Å². The van der Waals surface area contributed by atoms with E-state index >= 15 is 0 Å². The molecule has 1 aliphatic carbocycles. The summed E-state index contributed by atoms with van der Waals surface area (Å²) in [7, 11) is 1.80. The maximum Gasteiger partial charge on any atom is 0.0589 e. The molecule has 1 saturated carbocycles. The number of hydrogen-bond donors (Lipinski definition) is 1. The molecule has 0 aromatic heterocycles. The lowest BCUT2D eigenvalue weighted by molar-refractivity contribution is 0.0874. The largest absolute Gasteiger partial charge is 0.383 e. The Hall–Kier alpha value is -0.120. The summed E-state index contributed by atoms with van der Waals surface area (Å²) in [5.41, 5.74) is 0. The first-order valence-electron chi connectivity index (χ1n) is 8.13. The standard InChI is InChI=1S/C16H34N2O/c1-5-10-17-15-6-8-16(9-7-15)18(11-12-19-4)13-14(2)3/h14-17H,5-13H2,1-4H3. The Morgan fingerprint density at radius 2 is 1.89 bits per heavy atom. The van der Waals surface area contributed by atoms with Crippen molar-refractivity contribution >= 4 is 0 Å². The molecule has 0 aromatic carbocycles. The second kappa shape index (κ2) is 9.73. The summed E-state index contributed by atoms with van der Waals surface area (Å²) in [6.45, 7) is 11.2. The van der Waals surface area contributed by atoms with Crippen LogP contribution in [0.4, 0.5) is 0 Å². The third kappa shape index (κ3) is 6.73. The van der Waals surface area contributed by atoms with Crippen LogP contribution in [0.1, 0.15) is 52.9 Å². The van der Waals surface area contributed by atoms with E-state index in [9.17, 15) is 0 Å². The number of methoxy groups -OCH3 is 1. The fourth-order valence-electron chi connectivity index (χ4n) is 3.09. The maximum absolute atomic E-state index is 5.26. The summed E-state index contributed by atoms with van der Waals surface area (Å²) in [5.74, 6) is 0.743. The number of hydrogen-bond acceptors (Lipinski definition) is 3. The summed E-state index contributed by atoms with van der Waals surface area (Å²) >= 11 is 0. The molecular weight excluding hydrogens is 236 g/mol. The van der Waals surface area contributed by atoms with Gasteiger partial charge >= 0.3 is 0 Å². The van der Waals surface area contributed by atoms with E-state index in [2.05, 4.69) is 31.0 Å². The molecular formula is C16H34N2O. The summed E-state index contributed by atoms with van der Waals surface area (Å²) in [6.07, 6.45) is 6.61. The van der Waals surface area contributed by atoms with Gasteiger partial charge in [0.2, 0.25) is 0 Å². The van der Waals surface area contributed by atoms with E-state index in [1.54, 1.807) is 7.11 Å². The molecule has 0 heterocycles. The zero-order chi connectivity index (χ0) is 14.1. The predicted molar refractivity (Wildman–Crippen MR) is 82.6 cm³/mol. The molecule has 0 aliphatic heterocycles. The topological polar surface area (TPSA) is 24.5 Å². The van der Waals surface area contributed by atoms with Crippen molar-refractivity contribution in [1.82, 2.24) is 10.2 Å².